The standard InChI is InChI=1S/C69H102O6/c1-4-7-10-13-16-19-22-25-28-31-34-37-40-43-46-49-52-55-58-61-67(70)73-64-66(75-69(72)63-60-57-54-51-48-45-42-39-36-33-30-27-24-21-18-15-12-9-6-3)65-74-68(71)62-59-56-53-50-47-44-41-38-35-32-29-26-23-20-17-14-11-8-5-2/h7-12,16-21,25-30,34-39,43-48,52,55,66H,4-6,13-15,22-24,31-33,40-42,49-51,53-54,56-65H2,1-3H3/b10-7-,11-8-,12-9-,19-16-,20-17-,21-18-,28-25-,29-26-,30-27-,37-34-,38-35-,39-36-,46-43-,47-44-,48-45-,55-52-. The molecule has 0 fully saturated rings. The smallest absolute Gasteiger partial charge is 0.306 e. The van der Waals surface area contributed by atoms with E-state index in [1.54, 1.807) is 0 Å². The number of carbonyl (C=O) groups excluding carboxylic acids is 3. The molecule has 75 heavy (non-hydrogen) atoms. The van der Waals surface area contributed by atoms with Crippen molar-refractivity contribution in [2.45, 2.75) is 207 Å². The predicted octanol–water partition coefficient (Wildman–Crippen LogP) is 19.9. The van der Waals surface area contributed by atoms with Gasteiger partial charge in [-0.1, -0.05) is 228 Å². The molecule has 0 rings (SSSR count). The summed E-state index contributed by atoms with van der Waals surface area (Å²) in [5, 5.41) is 0. The molecule has 0 saturated heterocycles. The second-order valence-corrected chi connectivity index (χ2v) is 18.0. The maximum atomic E-state index is 12.9. The monoisotopic (exact) mass is 1030 g/mol. The average molecular weight is 1030 g/mol. The van der Waals surface area contributed by atoms with E-state index in [-0.39, 0.29) is 50.4 Å². The summed E-state index contributed by atoms with van der Waals surface area (Å²) in [6.07, 6.45) is 92.9. The minimum absolute atomic E-state index is 0.144. The van der Waals surface area contributed by atoms with Crippen LogP contribution in [0.5, 0.6) is 0 Å². The minimum atomic E-state index is -0.854. The highest BCUT2D eigenvalue weighted by Gasteiger charge is 2.19. The summed E-state index contributed by atoms with van der Waals surface area (Å²) < 4.78 is 16.7. The van der Waals surface area contributed by atoms with Crippen LogP contribution < -0.4 is 0 Å². The van der Waals surface area contributed by atoms with E-state index in [9.17, 15) is 14.4 Å². The van der Waals surface area contributed by atoms with Gasteiger partial charge in [0.2, 0.25) is 0 Å². The Balaban J connectivity index is 4.68. The van der Waals surface area contributed by atoms with Crippen LogP contribution >= 0.6 is 0 Å². The molecule has 414 valence electrons. The zero-order chi connectivity index (χ0) is 54.3. The van der Waals surface area contributed by atoms with Crippen molar-refractivity contribution in [3.63, 3.8) is 0 Å². The number of rotatable bonds is 49. The van der Waals surface area contributed by atoms with Crippen molar-refractivity contribution in [2.75, 3.05) is 13.2 Å². The van der Waals surface area contributed by atoms with Crippen LogP contribution in [0.4, 0.5) is 0 Å². The zero-order valence-corrected chi connectivity index (χ0v) is 47.2. The van der Waals surface area contributed by atoms with Crippen LogP contribution in [0, 0.1) is 0 Å². The van der Waals surface area contributed by atoms with E-state index in [1.165, 1.54) is 0 Å². The van der Waals surface area contributed by atoms with Crippen LogP contribution in [-0.4, -0.2) is 37.2 Å². The lowest BCUT2D eigenvalue weighted by Crippen LogP contribution is -2.30. The Kier molecular flexibility index (Phi) is 56.1. The number of esters is 3. The van der Waals surface area contributed by atoms with E-state index in [0.29, 0.717) is 12.8 Å². The van der Waals surface area contributed by atoms with Gasteiger partial charge in [0.25, 0.3) is 0 Å². The van der Waals surface area contributed by atoms with Gasteiger partial charge in [-0.3, -0.25) is 14.4 Å². The third-order valence-electron chi connectivity index (χ3n) is 11.1. The first-order valence-electron chi connectivity index (χ1n) is 28.9. The second-order valence-electron chi connectivity index (χ2n) is 18.0. The van der Waals surface area contributed by atoms with Crippen LogP contribution in [0.3, 0.4) is 0 Å². The number of allylic oxidation sites excluding steroid dienone is 32. The Hall–Kier alpha value is -5.75. The largest absolute Gasteiger partial charge is 0.462 e. The molecular weight excluding hydrogens is 925 g/mol. The molecule has 6 heteroatoms. The quantitative estimate of drug-likeness (QED) is 0.0261. The lowest BCUT2D eigenvalue weighted by Gasteiger charge is -2.18. The highest BCUT2D eigenvalue weighted by atomic mass is 16.6. The highest BCUT2D eigenvalue weighted by Crippen LogP contribution is 2.10. The number of hydrogen-bond donors (Lipinski definition) is 0. The average Bonchev–Trinajstić information content (AvgIpc) is 3.41. The Morgan fingerprint density at radius 3 is 0.800 bits per heavy atom. The van der Waals surface area contributed by atoms with Gasteiger partial charge in [0.1, 0.15) is 13.2 Å². The summed E-state index contributed by atoms with van der Waals surface area (Å²) in [6, 6.07) is 0. The van der Waals surface area contributed by atoms with Crippen LogP contribution in [-0.2, 0) is 28.6 Å². The molecule has 0 aliphatic heterocycles. The van der Waals surface area contributed by atoms with Gasteiger partial charge in [-0.2, -0.15) is 0 Å². The molecular formula is C69H102O6. The van der Waals surface area contributed by atoms with Crippen molar-refractivity contribution >= 4 is 17.9 Å². The van der Waals surface area contributed by atoms with Crippen LogP contribution in [0.2, 0.25) is 0 Å². The third kappa shape index (κ3) is 59.0. The normalized spacial score (nSPS) is 13.6. The van der Waals surface area contributed by atoms with Gasteiger partial charge in [-0.05, 0) is 148 Å². The van der Waals surface area contributed by atoms with Gasteiger partial charge in [0, 0.05) is 19.3 Å². The van der Waals surface area contributed by atoms with E-state index in [4.69, 9.17) is 14.2 Å². The summed E-state index contributed by atoms with van der Waals surface area (Å²) in [4.78, 5) is 38.2. The molecule has 0 bridgehead atoms. The molecule has 0 N–H and O–H groups in total. The van der Waals surface area contributed by atoms with Crippen LogP contribution in [0.1, 0.15) is 201 Å². The van der Waals surface area contributed by atoms with Crippen molar-refractivity contribution in [3.05, 3.63) is 194 Å². The molecule has 0 aromatic carbocycles. The van der Waals surface area contributed by atoms with Crippen molar-refractivity contribution in [1.82, 2.24) is 0 Å². The van der Waals surface area contributed by atoms with Gasteiger partial charge < -0.3 is 14.2 Å². The summed E-state index contributed by atoms with van der Waals surface area (Å²) in [5.41, 5.74) is 0. The summed E-state index contributed by atoms with van der Waals surface area (Å²) in [6.45, 7) is 6.15. The van der Waals surface area contributed by atoms with E-state index in [0.717, 1.165) is 148 Å². The van der Waals surface area contributed by atoms with Crippen molar-refractivity contribution in [3.8, 4) is 0 Å². The topological polar surface area (TPSA) is 78.9 Å². The van der Waals surface area contributed by atoms with E-state index in [2.05, 4.69) is 203 Å². The first-order valence-corrected chi connectivity index (χ1v) is 28.9. The van der Waals surface area contributed by atoms with E-state index in [1.807, 2.05) is 12.2 Å². The van der Waals surface area contributed by atoms with Crippen molar-refractivity contribution in [2.24, 2.45) is 0 Å². The zero-order valence-electron chi connectivity index (χ0n) is 47.2. The second kappa shape index (κ2) is 60.8. The fourth-order valence-electron chi connectivity index (χ4n) is 6.87. The summed E-state index contributed by atoms with van der Waals surface area (Å²) in [5.74, 6) is -1.11. The molecule has 1 atom stereocenters. The van der Waals surface area contributed by atoms with Gasteiger partial charge in [-0.15, -0.1) is 0 Å². The summed E-state index contributed by atoms with van der Waals surface area (Å²) >= 11 is 0. The molecule has 0 aliphatic carbocycles. The molecule has 1 unspecified atom stereocenters. The minimum Gasteiger partial charge on any atom is -0.462 e. The Morgan fingerprint density at radius 2 is 0.507 bits per heavy atom. The Labute approximate surface area is 458 Å². The predicted molar refractivity (Wildman–Crippen MR) is 324 cm³/mol. The molecule has 0 amide bonds. The molecule has 0 heterocycles. The van der Waals surface area contributed by atoms with Gasteiger partial charge in [-0.25, -0.2) is 0 Å². The molecule has 6 nitrogen and oxygen atoms in total. The number of unbranched alkanes of at least 4 members (excludes halogenated alkanes) is 6. The maximum Gasteiger partial charge on any atom is 0.306 e. The molecule has 0 spiro atoms. The molecule has 0 aromatic heterocycles. The van der Waals surface area contributed by atoms with Gasteiger partial charge >= 0.3 is 17.9 Å². The van der Waals surface area contributed by atoms with E-state index >= 15 is 0 Å². The lowest BCUT2D eigenvalue weighted by molar-refractivity contribution is -0.166. The number of carbonyl (C=O) groups is 3. The Morgan fingerprint density at radius 1 is 0.267 bits per heavy atom. The first-order chi connectivity index (χ1) is 37.0. The number of ether oxygens (including phenoxy) is 3. The fraction of sp³-hybridized carbons (Fsp3) is 0.493. The van der Waals surface area contributed by atoms with Crippen molar-refractivity contribution < 1.29 is 28.6 Å². The molecule has 0 radical (unpaired) electrons. The molecule has 0 aromatic rings. The maximum absolute atomic E-state index is 12.9. The van der Waals surface area contributed by atoms with Crippen molar-refractivity contribution in [1.29, 1.82) is 0 Å². The fourth-order valence-corrected chi connectivity index (χ4v) is 6.87. The Bertz CT molecular complexity index is 1850. The number of hydrogen-bond acceptors (Lipinski definition) is 6. The lowest BCUT2D eigenvalue weighted by atomic mass is 10.1. The molecule has 0 aliphatic rings. The van der Waals surface area contributed by atoms with Gasteiger partial charge in [0.05, 0.1) is 0 Å². The SMILES string of the molecule is CC/C=C\C/C=C\C/C=C\C/C=C\C/C=C\C/C=C\CCC(=O)OCC(COC(=O)CCCCC/C=C\C/C=C\C/C=C\C/C=C\C/C=C\CC)OC(=O)CCCCC/C=C\C/C=C\C/C=C\C/C=C\C/C=C\CC. The molecule has 0 saturated carbocycles. The van der Waals surface area contributed by atoms with Crippen LogP contribution in [0.15, 0.2) is 194 Å². The van der Waals surface area contributed by atoms with Crippen LogP contribution in [0.25, 0.3) is 0 Å². The third-order valence-corrected chi connectivity index (χ3v) is 11.1. The van der Waals surface area contributed by atoms with Gasteiger partial charge in [0.15, 0.2) is 6.10 Å². The summed E-state index contributed by atoms with van der Waals surface area (Å²) in [7, 11) is 0. The van der Waals surface area contributed by atoms with E-state index < -0.39 is 6.10 Å². The first kappa shape index (κ1) is 69.2. The highest BCUT2D eigenvalue weighted by molar-refractivity contribution is 5.71.